The van der Waals surface area contributed by atoms with Gasteiger partial charge < -0.3 is 4.74 Å². The average Bonchev–Trinajstić information content (AvgIpc) is 2.45. The lowest BCUT2D eigenvalue weighted by atomic mass is 10.1. The summed E-state index contributed by atoms with van der Waals surface area (Å²) < 4.78 is 4.83. The van der Waals surface area contributed by atoms with Crippen LogP contribution in [0.2, 0.25) is 0 Å². The van der Waals surface area contributed by atoms with Crippen LogP contribution in [0.3, 0.4) is 0 Å². The fourth-order valence-electron chi connectivity index (χ4n) is 1.75. The third-order valence-corrected chi connectivity index (χ3v) is 2.60. The third-order valence-electron chi connectivity index (χ3n) is 2.60. The van der Waals surface area contributed by atoms with Crippen molar-refractivity contribution in [3.8, 4) is 6.07 Å². The molecule has 0 atom stereocenters. The molecular formula is C15H12N2O2. The van der Waals surface area contributed by atoms with Crippen LogP contribution in [-0.2, 0) is 9.53 Å². The van der Waals surface area contributed by atoms with Crippen molar-refractivity contribution in [1.29, 1.82) is 5.26 Å². The number of nitriles is 1. The number of carbonyl (C=O) groups is 1. The van der Waals surface area contributed by atoms with E-state index in [4.69, 9.17) is 10.00 Å². The molecule has 1 aromatic carbocycles. The van der Waals surface area contributed by atoms with Gasteiger partial charge >= 0.3 is 5.97 Å². The number of pyridine rings is 1. The molecule has 19 heavy (non-hydrogen) atoms. The van der Waals surface area contributed by atoms with Crippen LogP contribution in [0, 0.1) is 11.3 Å². The topological polar surface area (TPSA) is 63.0 Å². The molecule has 0 fully saturated rings. The lowest BCUT2D eigenvalue weighted by molar-refractivity contribution is -0.137. The Morgan fingerprint density at radius 1 is 1.42 bits per heavy atom. The zero-order valence-corrected chi connectivity index (χ0v) is 10.5. The number of para-hydroxylation sites is 1. The van der Waals surface area contributed by atoms with Crippen molar-refractivity contribution in [2.24, 2.45) is 0 Å². The van der Waals surface area contributed by atoms with E-state index in [1.54, 1.807) is 19.2 Å². The number of aromatic nitrogens is 1. The van der Waals surface area contributed by atoms with Crippen LogP contribution in [0.4, 0.5) is 0 Å². The second-order valence-electron chi connectivity index (χ2n) is 3.81. The van der Waals surface area contributed by atoms with Gasteiger partial charge in [0.1, 0.15) is 11.6 Å². The molecule has 1 heterocycles. The van der Waals surface area contributed by atoms with E-state index in [0.29, 0.717) is 0 Å². The largest absolute Gasteiger partial charge is 0.462 e. The minimum atomic E-state index is -0.606. The van der Waals surface area contributed by atoms with E-state index in [9.17, 15) is 4.79 Å². The number of ether oxygens (including phenoxy) is 1. The Balaban J connectivity index is 2.50. The van der Waals surface area contributed by atoms with Crippen molar-refractivity contribution in [1.82, 2.24) is 4.98 Å². The van der Waals surface area contributed by atoms with Gasteiger partial charge in [-0.1, -0.05) is 18.2 Å². The highest BCUT2D eigenvalue weighted by Gasteiger charge is 2.10. The second-order valence-corrected chi connectivity index (χ2v) is 3.81. The van der Waals surface area contributed by atoms with Crippen molar-refractivity contribution in [3.63, 3.8) is 0 Å². The summed E-state index contributed by atoms with van der Waals surface area (Å²) in [6.07, 6.45) is 3.18. The Labute approximate surface area is 111 Å². The molecule has 0 N–H and O–H groups in total. The van der Waals surface area contributed by atoms with Crippen LogP contribution in [-0.4, -0.2) is 17.6 Å². The Hall–Kier alpha value is -2.67. The van der Waals surface area contributed by atoms with E-state index in [1.165, 1.54) is 6.08 Å². The number of esters is 1. The molecular weight excluding hydrogens is 240 g/mol. The quantitative estimate of drug-likeness (QED) is 0.478. The van der Waals surface area contributed by atoms with Crippen LogP contribution in [0.15, 0.2) is 42.1 Å². The molecule has 2 aromatic rings. The van der Waals surface area contributed by atoms with E-state index in [0.717, 1.165) is 16.5 Å². The van der Waals surface area contributed by atoms with Gasteiger partial charge in [0.05, 0.1) is 12.1 Å². The van der Waals surface area contributed by atoms with Crippen LogP contribution in [0.1, 0.15) is 12.5 Å². The number of nitrogens with zero attached hydrogens (tertiary/aromatic N) is 2. The molecule has 0 radical (unpaired) electrons. The molecule has 94 valence electrons. The van der Waals surface area contributed by atoms with Crippen molar-refractivity contribution < 1.29 is 9.53 Å². The smallest absolute Gasteiger partial charge is 0.348 e. The third kappa shape index (κ3) is 2.78. The molecule has 4 heteroatoms. The summed E-state index contributed by atoms with van der Waals surface area (Å²) in [5.41, 5.74) is 1.57. The first kappa shape index (κ1) is 12.8. The summed E-state index contributed by atoms with van der Waals surface area (Å²) in [4.78, 5) is 15.8. The standard InChI is InChI=1S/C15H12N2O2/c1-2-19-15(18)12(10-16)9-11-7-8-17-14-6-4-3-5-13(11)14/h3-9H,2H2,1H3/b12-9-. The molecule has 0 aliphatic carbocycles. The average molecular weight is 252 g/mol. The number of hydrogen-bond acceptors (Lipinski definition) is 4. The number of carbonyl (C=O) groups excluding carboxylic acids is 1. The van der Waals surface area contributed by atoms with Crippen LogP contribution in [0.5, 0.6) is 0 Å². The lowest BCUT2D eigenvalue weighted by Gasteiger charge is -2.03. The summed E-state index contributed by atoms with van der Waals surface area (Å²) in [7, 11) is 0. The summed E-state index contributed by atoms with van der Waals surface area (Å²) in [6, 6.07) is 11.2. The van der Waals surface area contributed by atoms with E-state index >= 15 is 0 Å². The Kier molecular flexibility index (Phi) is 3.89. The maximum atomic E-state index is 11.6. The van der Waals surface area contributed by atoms with Gasteiger partial charge in [0, 0.05) is 11.6 Å². The SMILES string of the molecule is CCOC(=O)/C(C#N)=C\c1ccnc2ccccc12. The molecule has 0 aliphatic heterocycles. The van der Waals surface area contributed by atoms with Gasteiger partial charge in [0.25, 0.3) is 0 Å². The lowest BCUT2D eigenvalue weighted by Crippen LogP contribution is -2.06. The molecule has 0 spiro atoms. The monoisotopic (exact) mass is 252 g/mol. The molecule has 0 aliphatic rings. The first-order valence-electron chi connectivity index (χ1n) is 5.89. The van der Waals surface area contributed by atoms with Gasteiger partial charge in [-0.2, -0.15) is 5.26 Å². The highest BCUT2D eigenvalue weighted by molar-refractivity contribution is 6.00. The van der Waals surface area contributed by atoms with Gasteiger partial charge in [-0.25, -0.2) is 4.79 Å². The van der Waals surface area contributed by atoms with E-state index in [1.807, 2.05) is 30.3 Å². The molecule has 0 bridgehead atoms. The van der Waals surface area contributed by atoms with Gasteiger partial charge in [-0.15, -0.1) is 0 Å². The Bertz CT molecular complexity index is 679. The second kappa shape index (κ2) is 5.78. The maximum Gasteiger partial charge on any atom is 0.348 e. The van der Waals surface area contributed by atoms with E-state index in [2.05, 4.69) is 4.98 Å². The first-order valence-corrected chi connectivity index (χ1v) is 5.89. The predicted octanol–water partition coefficient (Wildman–Crippen LogP) is 2.70. The van der Waals surface area contributed by atoms with Crippen LogP contribution < -0.4 is 0 Å². The number of rotatable bonds is 3. The van der Waals surface area contributed by atoms with Crippen LogP contribution in [0.25, 0.3) is 17.0 Å². The van der Waals surface area contributed by atoms with Crippen molar-refractivity contribution in [2.45, 2.75) is 6.92 Å². The predicted molar refractivity (Wildman–Crippen MR) is 72.0 cm³/mol. The maximum absolute atomic E-state index is 11.6. The van der Waals surface area contributed by atoms with Crippen molar-refractivity contribution in [2.75, 3.05) is 6.61 Å². The van der Waals surface area contributed by atoms with Crippen molar-refractivity contribution in [3.05, 3.63) is 47.7 Å². The zero-order valence-electron chi connectivity index (χ0n) is 10.5. The molecule has 0 saturated carbocycles. The normalized spacial score (nSPS) is 11.1. The Morgan fingerprint density at radius 2 is 2.21 bits per heavy atom. The fraction of sp³-hybridized carbons (Fsp3) is 0.133. The van der Waals surface area contributed by atoms with Gasteiger partial charge in [0.2, 0.25) is 0 Å². The van der Waals surface area contributed by atoms with E-state index in [-0.39, 0.29) is 12.2 Å². The summed E-state index contributed by atoms with van der Waals surface area (Å²) >= 11 is 0. The van der Waals surface area contributed by atoms with Gasteiger partial charge in [0.15, 0.2) is 0 Å². The zero-order chi connectivity index (χ0) is 13.7. The Morgan fingerprint density at radius 3 is 2.95 bits per heavy atom. The molecule has 0 saturated heterocycles. The van der Waals surface area contributed by atoms with Gasteiger partial charge in [-0.05, 0) is 30.7 Å². The molecule has 1 aromatic heterocycles. The molecule has 0 unspecified atom stereocenters. The highest BCUT2D eigenvalue weighted by atomic mass is 16.5. The van der Waals surface area contributed by atoms with Crippen LogP contribution >= 0.6 is 0 Å². The summed E-state index contributed by atoms with van der Waals surface area (Å²) in [6.45, 7) is 1.95. The minimum absolute atomic E-state index is 0.0156. The number of fused-ring (bicyclic) bond motifs is 1. The minimum Gasteiger partial charge on any atom is -0.462 e. The van der Waals surface area contributed by atoms with Crippen molar-refractivity contribution >= 4 is 22.9 Å². The van der Waals surface area contributed by atoms with Gasteiger partial charge in [-0.3, -0.25) is 4.98 Å². The fourth-order valence-corrected chi connectivity index (χ4v) is 1.75. The highest BCUT2D eigenvalue weighted by Crippen LogP contribution is 2.19. The summed E-state index contributed by atoms with van der Waals surface area (Å²) in [5.74, 6) is -0.606. The number of benzene rings is 1. The molecule has 2 rings (SSSR count). The summed E-state index contributed by atoms with van der Waals surface area (Å²) in [5, 5.41) is 9.91. The van der Waals surface area contributed by atoms with E-state index < -0.39 is 5.97 Å². The molecule has 0 amide bonds. The first-order chi connectivity index (χ1) is 9.26. The molecule has 4 nitrogen and oxygen atoms in total. The number of hydrogen-bond donors (Lipinski definition) is 0.